The van der Waals surface area contributed by atoms with Crippen LogP contribution in [-0.2, 0) is 18.6 Å². The van der Waals surface area contributed by atoms with Crippen LogP contribution in [0.4, 0.5) is 17.3 Å². The second-order valence-corrected chi connectivity index (χ2v) is 10.2. The van der Waals surface area contributed by atoms with Crippen LogP contribution in [0.2, 0.25) is 0 Å². The molecule has 2 N–H and O–H groups in total. The van der Waals surface area contributed by atoms with Crippen molar-refractivity contribution in [1.82, 2.24) is 29.2 Å². The SMILES string of the molecule is C#CCn1c(=O)c2cnc(Nc3ccc(N4CCN(C)CC4)cc3)nc2n1-c1ccc2c(n1)[C@@](C)(O)CC2. The van der Waals surface area contributed by atoms with Gasteiger partial charge < -0.3 is 20.2 Å². The van der Waals surface area contributed by atoms with Crippen molar-refractivity contribution >= 4 is 28.4 Å². The minimum Gasteiger partial charge on any atom is -0.384 e. The number of aliphatic hydroxyl groups is 1. The largest absolute Gasteiger partial charge is 0.384 e. The Hall–Kier alpha value is -4.20. The second kappa shape index (κ2) is 9.28. The number of hydrogen-bond acceptors (Lipinski definition) is 8. The zero-order valence-corrected chi connectivity index (χ0v) is 21.6. The number of hydrogen-bond donors (Lipinski definition) is 2. The Bertz CT molecular complexity index is 1610. The van der Waals surface area contributed by atoms with Crippen LogP contribution in [0.5, 0.6) is 0 Å². The van der Waals surface area contributed by atoms with Gasteiger partial charge in [-0.1, -0.05) is 12.0 Å². The summed E-state index contributed by atoms with van der Waals surface area (Å²) in [5, 5.41) is 14.4. The molecule has 3 aromatic heterocycles. The van der Waals surface area contributed by atoms with E-state index >= 15 is 0 Å². The van der Waals surface area contributed by atoms with E-state index in [9.17, 15) is 9.90 Å². The van der Waals surface area contributed by atoms with Crippen LogP contribution >= 0.6 is 0 Å². The van der Waals surface area contributed by atoms with Crippen LogP contribution in [0.25, 0.3) is 16.9 Å². The molecule has 2 aliphatic rings. The Kier molecular flexibility index (Phi) is 5.90. The van der Waals surface area contributed by atoms with Crippen molar-refractivity contribution in [2.75, 3.05) is 43.4 Å². The summed E-state index contributed by atoms with van der Waals surface area (Å²) in [6.07, 6.45) is 8.47. The fourth-order valence-electron chi connectivity index (χ4n) is 5.26. The summed E-state index contributed by atoms with van der Waals surface area (Å²) < 4.78 is 3.04. The standard InChI is InChI=1S/C28H30N8O2/c1-4-13-35-26(37)22-18-29-27(30-20-6-8-21(9-7-20)34-16-14-33(3)15-17-34)32-25(22)36(35)23-10-5-19-11-12-28(2,38)24(19)31-23/h1,5-10,18,38H,11-17H2,2-3H3,(H,29,30,32)/t28-/m0/s1. The molecule has 0 spiro atoms. The summed E-state index contributed by atoms with van der Waals surface area (Å²) in [6.45, 7) is 5.90. The quantitative estimate of drug-likeness (QED) is 0.394. The van der Waals surface area contributed by atoms with Crippen molar-refractivity contribution in [2.24, 2.45) is 0 Å². The van der Waals surface area contributed by atoms with Crippen molar-refractivity contribution in [2.45, 2.75) is 31.9 Å². The van der Waals surface area contributed by atoms with Gasteiger partial charge in [0.25, 0.3) is 5.56 Å². The fraction of sp³-hybridized carbons (Fsp3) is 0.357. The lowest BCUT2D eigenvalue weighted by Crippen LogP contribution is -2.44. The first-order valence-corrected chi connectivity index (χ1v) is 12.8. The number of anilines is 3. The average Bonchev–Trinajstić information content (AvgIpc) is 3.37. The van der Waals surface area contributed by atoms with Crippen LogP contribution in [0.1, 0.15) is 24.6 Å². The van der Waals surface area contributed by atoms with Gasteiger partial charge in [0.05, 0.1) is 5.69 Å². The molecule has 4 heterocycles. The number of piperazine rings is 1. The molecule has 0 bridgehead atoms. The van der Waals surface area contributed by atoms with Crippen LogP contribution in [-0.4, -0.2) is 67.5 Å². The Morgan fingerprint density at radius 3 is 2.61 bits per heavy atom. The molecular weight excluding hydrogens is 480 g/mol. The number of nitrogens with one attached hydrogen (secondary N) is 1. The zero-order chi connectivity index (χ0) is 26.4. The number of nitrogens with zero attached hydrogens (tertiary/aromatic N) is 7. The topological polar surface area (TPSA) is 104 Å². The lowest BCUT2D eigenvalue weighted by atomic mass is 10.0. The van der Waals surface area contributed by atoms with Crippen LogP contribution in [0.3, 0.4) is 0 Å². The minimum atomic E-state index is -1.02. The molecule has 10 nitrogen and oxygen atoms in total. The van der Waals surface area contributed by atoms with E-state index in [2.05, 4.69) is 45.2 Å². The van der Waals surface area contributed by atoms with Gasteiger partial charge in [0.15, 0.2) is 11.5 Å². The Labute approximate surface area is 220 Å². The summed E-state index contributed by atoms with van der Waals surface area (Å²) in [6, 6.07) is 12.0. The predicted octanol–water partition coefficient (Wildman–Crippen LogP) is 2.26. The molecule has 1 aliphatic carbocycles. The minimum absolute atomic E-state index is 0.0425. The molecule has 1 saturated heterocycles. The van der Waals surface area contributed by atoms with Gasteiger partial charge in [-0.2, -0.15) is 4.98 Å². The number of aryl methyl sites for hydroxylation is 1. The highest BCUT2D eigenvalue weighted by molar-refractivity contribution is 5.77. The monoisotopic (exact) mass is 510 g/mol. The highest BCUT2D eigenvalue weighted by Gasteiger charge is 2.34. The fourth-order valence-corrected chi connectivity index (χ4v) is 5.26. The van der Waals surface area contributed by atoms with Gasteiger partial charge in [-0.25, -0.2) is 19.3 Å². The maximum atomic E-state index is 13.2. The molecule has 38 heavy (non-hydrogen) atoms. The van der Waals surface area contributed by atoms with Gasteiger partial charge >= 0.3 is 0 Å². The number of aromatic nitrogens is 5. The summed E-state index contributed by atoms with van der Waals surface area (Å²) in [5.74, 6) is 3.37. The Balaban J connectivity index is 1.36. The highest BCUT2D eigenvalue weighted by atomic mass is 16.3. The molecule has 0 radical (unpaired) electrons. The number of pyridine rings is 1. The first kappa shape index (κ1) is 24.2. The van der Waals surface area contributed by atoms with Crippen molar-refractivity contribution in [1.29, 1.82) is 0 Å². The van der Waals surface area contributed by atoms with Crippen molar-refractivity contribution in [3.05, 3.63) is 64.2 Å². The molecule has 10 heteroatoms. The Morgan fingerprint density at radius 2 is 1.87 bits per heavy atom. The first-order chi connectivity index (χ1) is 18.3. The molecular formula is C28H30N8O2. The van der Waals surface area contributed by atoms with E-state index in [1.807, 2.05) is 24.3 Å². The lowest BCUT2D eigenvalue weighted by molar-refractivity contribution is 0.0553. The van der Waals surface area contributed by atoms with E-state index in [4.69, 9.17) is 16.4 Å². The van der Waals surface area contributed by atoms with Crippen molar-refractivity contribution in [3.8, 4) is 18.2 Å². The summed E-state index contributed by atoms with van der Waals surface area (Å²) in [4.78, 5) is 31.8. The zero-order valence-electron chi connectivity index (χ0n) is 21.6. The van der Waals surface area contributed by atoms with Crippen LogP contribution in [0.15, 0.2) is 47.4 Å². The van der Waals surface area contributed by atoms with Gasteiger partial charge in [0.2, 0.25) is 5.95 Å². The van der Waals surface area contributed by atoms with E-state index in [0.717, 1.165) is 43.9 Å². The molecule has 194 valence electrons. The van der Waals surface area contributed by atoms with Gasteiger partial charge in [-0.05, 0) is 62.7 Å². The summed E-state index contributed by atoms with van der Waals surface area (Å²) in [5.41, 5.74) is 2.70. The average molecular weight is 511 g/mol. The smallest absolute Gasteiger partial charge is 0.279 e. The van der Waals surface area contributed by atoms with Crippen molar-refractivity contribution in [3.63, 3.8) is 0 Å². The van der Waals surface area contributed by atoms with Gasteiger partial charge in [-0.3, -0.25) is 4.79 Å². The third kappa shape index (κ3) is 4.20. The van der Waals surface area contributed by atoms with Crippen molar-refractivity contribution < 1.29 is 5.11 Å². The third-order valence-corrected chi connectivity index (χ3v) is 7.48. The molecule has 0 saturated carbocycles. The summed E-state index contributed by atoms with van der Waals surface area (Å²) in [7, 11) is 2.14. The molecule has 1 aromatic carbocycles. The molecule has 6 rings (SSSR count). The van der Waals surface area contributed by atoms with E-state index in [1.54, 1.807) is 11.6 Å². The second-order valence-electron chi connectivity index (χ2n) is 10.2. The number of rotatable bonds is 5. The molecule has 1 aliphatic heterocycles. The van der Waals surface area contributed by atoms with Gasteiger partial charge in [0, 0.05) is 43.8 Å². The number of fused-ring (bicyclic) bond motifs is 2. The third-order valence-electron chi connectivity index (χ3n) is 7.48. The molecule has 0 unspecified atom stereocenters. The normalized spacial score (nSPS) is 19.5. The predicted molar refractivity (Wildman–Crippen MR) is 147 cm³/mol. The molecule has 4 aromatic rings. The maximum absolute atomic E-state index is 13.2. The Morgan fingerprint density at radius 1 is 1.11 bits per heavy atom. The van der Waals surface area contributed by atoms with Gasteiger partial charge in [0.1, 0.15) is 17.5 Å². The molecule has 0 amide bonds. The van der Waals surface area contributed by atoms with Gasteiger partial charge in [-0.15, -0.1) is 6.42 Å². The van der Waals surface area contributed by atoms with E-state index in [1.165, 1.54) is 16.6 Å². The number of likely N-dealkylation sites (N-methyl/N-ethyl adjacent to an activating group) is 1. The molecule has 1 fully saturated rings. The lowest BCUT2D eigenvalue weighted by Gasteiger charge is -2.34. The number of terminal acetylenes is 1. The maximum Gasteiger partial charge on any atom is 0.279 e. The number of benzene rings is 1. The summed E-state index contributed by atoms with van der Waals surface area (Å²) >= 11 is 0. The van der Waals surface area contributed by atoms with E-state index in [-0.39, 0.29) is 12.1 Å². The van der Waals surface area contributed by atoms with Crippen LogP contribution in [0, 0.1) is 12.3 Å². The molecule has 1 atom stereocenters. The van der Waals surface area contributed by atoms with E-state index < -0.39 is 5.60 Å². The highest BCUT2D eigenvalue weighted by Crippen LogP contribution is 2.35. The van der Waals surface area contributed by atoms with E-state index in [0.29, 0.717) is 34.9 Å². The first-order valence-electron chi connectivity index (χ1n) is 12.8. The van der Waals surface area contributed by atoms with Crippen LogP contribution < -0.4 is 15.8 Å².